The average Bonchev–Trinajstić information content (AvgIpc) is 2.98. The molecule has 2 saturated heterocycles. The monoisotopic (exact) mass is 545 g/mol. The van der Waals surface area contributed by atoms with Gasteiger partial charge in [-0.05, 0) is 57.4 Å². The van der Waals surface area contributed by atoms with E-state index in [0.717, 1.165) is 87.4 Å². The summed E-state index contributed by atoms with van der Waals surface area (Å²) in [6.45, 7) is 6.15. The Kier molecular flexibility index (Phi) is 10.7. The van der Waals surface area contributed by atoms with Gasteiger partial charge in [0, 0.05) is 57.0 Å². The smallest absolute Gasteiger partial charge is 0.227 e. The van der Waals surface area contributed by atoms with E-state index in [1.807, 2.05) is 30.0 Å². The number of anilines is 2. The van der Waals surface area contributed by atoms with Crippen molar-refractivity contribution in [2.75, 3.05) is 57.2 Å². The van der Waals surface area contributed by atoms with E-state index >= 15 is 0 Å². The van der Waals surface area contributed by atoms with E-state index in [9.17, 15) is 4.79 Å². The normalized spacial score (nSPS) is 16.9. The Hall–Kier alpha value is -3.73. The first-order valence-corrected chi connectivity index (χ1v) is 14.5. The number of ether oxygens (including phenoxy) is 2. The van der Waals surface area contributed by atoms with Crippen LogP contribution in [0.15, 0.2) is 35.9 Å². The molecule has 2 aliphatic rings. The second-order valence-electron chi connectivity index (χ2n) is 10.6. The van der Waals surface area contributed by atoms with Gasteiger partial charge in [0.15, 0.2) is 11.5 Å². The number of allylic oxidation sites excluding steroid dienone is 4. The summed E-state index contributed by atoms with van der Waals surface area (Å²) >= 11 is 0. The molecule has 0 radical (unpaired) electrons. The Bertz CT molecular complexity index is 1260. The molecule has 0 atom stereocenters. The molecule has 0 bridgehead atoms. The predicted octanol–water partition coefficient (Wildman–Crippen LogP) is 5.59. The number of piperidine rings is 2. The number of hydrogen-bond donors (Lipinski definition) is 1. The van der Waals surface area contributed by atoms with Gasteiger partial charge in [0.25, 0.3) is 0 Å². The second-order valence-corrected chi connectivity index (χ2v) is 10.6. The first kappa shape index (κ1) is 29.3. The number of aromatic nitrogens is 2. The van der Waals surface area contributed by atoms with Gasteiger partial charge in [-0.15, -0.1) is 12.3 Å². The highest BCUT2D eigenvalue weighted by Crippen LogP contribution is 2.36. The van der Waals surface area contributed by atoms with Crippen molar-refractivity contribution in [3.05, 3.63) is 35.9 Å². The van der Waals surface area contributed by atoms with E-state index in [4.69, 9.17) is 25.9 Å². The van der Waals surface area contributed by atoms with Gasteiger partial charge in [-0.3, -0.25) is 4.79 Å². The standard InChI is InChI=1S/C32H43N5O3/c1-5-7-12-24(11-6-2)21-25-14-19-37(20-15-25)32-34-27-23-29(40-4)28(39-3)22-26(27)31(35-32)33-16-10-18-36-17-9-8-13-30(36)38/h2,5,7,12,22-23,25H,8-11,13-21H2,1,3-4H3,(H,33,34,35)/b7-5-,24-12+. The predicted molar refractivity (Wildman–Crippen MR) is 162 cm³/mol. The molecule has 4 rings (SSSR count). The molecule has 0 saturated carbocycles. The Morgan fingerprint density at radius 3 is 2.62 bits per heavy atom. The van der Waals surface area contributed by atoms with Crippen molar-refractivity contribution in [1.82, 2.24) is 14.9 Å². The molecule has 1 amide bonds. The summed E-state index contributed by atoms with van der Waals surface area (Å²) in [6.07, 6.45) is 19.4. The highest BCUT2D eigenvalue weighted by atomic mass is 16.5. The first-order valence-electron chi connectivity index (χ1n) is 14.5. The van der Waals surface area contributed by atoms with Crippen LogP contribution in [0.25, 0.3) is 10.9 Å². The van der Waals surface area contributed by atoms with Crippen molar-refractivity contribution < 1.29 is 14.3 Å². The number of rotatable bonds is 12. The van der Waals surface area contributed by atoms with Crippen LogP contribution in [-0.2, 0) is 4.79 Å². The van der Waals surface area contributed by atoms with E-state index in [0.29, 0.717) is 36.8 Å². The summed E-state index contributed by atoms with van der Waals surface area (Å²) < 4.78 is 11.1. The molecule has 3 heterocycles. The van der Waals surface area contributed by atoms with Crippen LogP contribution in [0.5, 0.6) is 11.5 Å². The van der Waals surface area contributed by atoms with E-state index in [1.165, 1.54) is 5.57 Å². The summed E-state index contributed by atoms with van der Waals surface area (Å²) in [5.74, 6) is 6.45. The molecule has 214 valence electrons. The van der Waals surface area contributed by atoms with Gasteiger partial charge >= 0.3 is 0 Å². The van der Waals surface area contributed by atoms with Gasteiger partial charge in [-0.25, -0.2) is 4.98 Å². The van der Waals surface area contributed by atoms with Crippen LogP contribution < -0.4 is 19.7 Å². The quantitative estimate of drug-likeness (QED) is 0.211. The molecule has 1 aromatic heterocycles. The number of hydrogen-bond acceptors (Lipinski definition) is 7. The van der Waals surface area contributed by atoms with Gasteiger partial charge in [0.05, 0.1) is 19.7 Å². The number of methoxy groups -OCH3 is 2. The number of benzene rings is 1. The number of amides is 1. The van der Waals surface area contributed by atoms with Crippen LogP contribution in [0.3, 0.4) is 0 Å². The van der Waals surface area contributed by atoms with Crippen molar-refractivity contribution >= 4 is 28.6 Å². The maximum absolute atomic E-state index is 12.2. The fourth-order valence-corrected chi connectivity index (χ4v) is 5.56. The van der Waals surface area contributed by atoms with Crippen LogP contribution in [-0.4, -0.2) is 67.7 Å². The third kappa shape index (κ3) is 7.47. The highest BCUT2D eigenvalue weighted by molar-refractivity contribution is 5.92. The molecular weight excluding hydrogens is 502 g/mol. The number of fused-ring (bicyclic) bond motifs is 1. The highest BCUT2D eigenvalue weighted by Gasteiger charge is 2.24. The number of nitrogens with zero attached hydrogens (tertiary/aromatic N) is 4. The molecule has 0 unspecified atom stereocenters. The largest absolute Gasteiger partial charge is 0.493 e. The van der Waals surface area contributed by atoms with Crippen LogP contribution in [0.1, 0.15) is 58.3 Å². The minimum absolute atomic E-state index is 0.269. The Morgan fingerprint density at radius 1 is 1.15 bits per heavy atom. The molecule has 1 N–H and O–H groups in total. The maximum Gasteiger partial charge on any atom is 0.227 e. The van der Waals surface area contributed by atoms with E-state index in [-0.39, 0.29) is 5.91 Å². The molecule has 1 aromatic carbocycles. The van der Waals surface area contributed by atoms with Crippen LogP contribution in [0.4, 0.5) is 11.8 Å². The summed E-state index contributed by atoms with van der Waals surface area (Å²) in [7, 11) is 3.27. The number of nitrogens with one attached hydrogen (secondary N) is 1. The summed E-state index contributed by atoms with van der Waals surface area (Å²) in [6, 6.07) is 3.85. The zero-order valence-electron chi connectivity index (χ0n) is 24.2. The Morgan fingerprint density at radius 2 is 1.93 bits per heavy atom. The summed E-state index contributed by atoms with van der Waals surface area (Å²) in [4.78, 5) is 26.4. The maximum atomic E-state index is 12.2. The summed E-state index contributed by atoms with van der Waals surface area (Å²) in [5, 5.41) is 4.42. The molecule has 2 aliphatic heterocycles. The lowest BCUT2D eigenvalue weighted by molar-refractivity contribution is -0.133. The third-order valence-corrected chi connectivity index (χ3v) is 7.81. The lowest BCUT2D eigenvalue weighted by Gasteiger charge is -2.32. The minimum atomic E-state index is 0.269. The zero-order valence-corrected chi connectivity index (χ0v) is 24.2. The van der Waals surface area contributed by atoms with Crippen LogP contribution >= 0.6 is 0 Å². The molecule has 2 fully saturated rings. The van der Waals surface area contributed by atoms with Gasteiger partial charge in [-0.1, -0.05) is 23.8 Å². The average molecular weight is 546 g/mol. The second kappa shape index (κ2) is 14.6. The van der Waals surface area contributed by atoms with E-state index in [2.05, 4.69) is 28.3 Å². The first-order chi connectivity index (χ1) is 19.6. The van der Waals surface area contributed by atoms with Crippen molar-refractivity contribution in [2.45, 2.75) is 58.3 Å². The number of carbonyl (C=O) groups is 1. The lowest BCUT2D eigenvalue weighted by atomic mass is 9.89. The molecule has 40 heavy (non-hydrogen) atoms. The summed E-state index contributed by atoms with van der Waals surface area (Å²) in [5.41, 5.74) is 2.13. The van der Waals surface area contributed by atoms with E-state index < -0.39 is 0 Å². The fraction of sp³-hybridized carbons (Fsp3) is 0.531. The molecule has 8 heteroatoms. The molecule has 8 nitrogen and oxygen atoms in total. The van der Waals surface area contributed by atoms with Crippen molar-refractivity contribution in [1.29, 1.82) is 0 Å². The van der Waals surface area contributed by atoms with Gasteiger partial charge in [-0.2, -0.15) is 4.98 Å². The van der Waals surface area contributed by atoms with Crippen LogP contribution in [0.2, 0.25) is 0 Å². The van der Waals surface area contributed by atoms with E-state index in [1.54, 1.807) is 14.2 Å². The molecular formula is C32H43N5O3. The molecule has 0 spiro atoms. The fourth-order valence-electron chi connectivity index (χ4n) is 5.56. The van der Waals surface area contributed by atoms with Crippen molar-refractivity contribution in [3.8, 4) is 23.8 Å². The molecule has 0 aliphatic carbocycles. The Labute approximate surface area is 238 Å². The Balaban J connectivity index is 1.49. The topological polar surface area (TPSA) is 79.8 Å². The van der Waals surface area contributed by atoms with Gasteiger partial charge in [0.2, 0.25) is 11.9 Å². The number of likely N-dealkylation sites (tertiary alicyclic amines) is 1. The number of terminal acetylenes is 1. The lowest BCUT2D eigenvalue weighted by Crippen LogP contribution is -2.36. The number of carbonyl (C=O) groups excluding carboxylic acids is 1. The third-order valence-electron chi connectivity index (χ3n) is 7.81. The van der Waals surface area contributed by atoms with Crippen LogP contribution in [0, 0.1) is 18.3 Å². The zero-order chi connectivity index (χ0) is 28.3. The van der Waals surface area contributed by atoms with Crippen molar-refractivity contribution in [2.24, 2.45) is 5.92 Å². The minimum Gasteiger partial charge on any atom is -0.493 e. The molecule has 2 aromatic rings. The SMILES string of the molecule is C#CC/C(=C\C=C/C)CC1CCN(c2nc(NCCCN3CCCCC3=O)c3cc(OC)c(OC)cc3n2)CC1. The van der Waals surface area contributed by atoms with Gasteiger partial charge in [0.1, 0.15) is 5.82 Å². The van der Waals surface area contributed by atoms with Crippen molar-refractivity contribution in [3.63, 3.8) is 0 Å². The van der Waals surface area contributed by atoms with Gasteiger partial charge < -0.3 is 24.6 Å².